The lowest BCUT2D eigenvalue weighted by atomic mass is 10.1. The van der Waals surface area contributed by atoms with Crippen LogP contribution in [0.1, 0.15) is 15.9 Å². The van der Waals surface area contributed by atoms with E-state index in [1.54, 1.807) is 36.4 Å². The van der Waals surface area contributed by atoms with Crippen molar-refractivity contribution < 1.29 is 23.9 Å². The van der Waals surface area contributed by atoms with Crippen LogP contribution in [0.25, 0.3) is 6.08 Å². The number of ether oxygens (including phenoxy) is 2. The van der Waals surface area contributed by atoms with Crippen LogP contribution in [0.4, 0.5) is 11.4 Å². The Hall–Kier alpha value is -4.32. The van der Waals surface area contributed by atoms with E-state index in [-0.39, 0.29) is 18.1 Å². The zero-order valence-electron chi connectivity index (χ0n) is 18.9. The number of nitriles is 1. The highest BCUT2D eigenvalue weighted by molar-refractivity contribution is 6.42. The molecule has 0 unspecified atom stereocenters. The van der Waals surface area contributed by atoms with Crippen molar-refractivity contribution in [2.75, 3.05) is 24.4 Å². The molecule has 0 aliphatic heterocycles. The number of esters is 1. The summed E-state index contributed by atoms with van der Waals surface area (Å²) in [5, 5.41) is 15.4. The molecule has 0 saturated heterocycles. The summed E-state index contributed by atoms with van der Waals surface area (Å²) in [7, 11) is 1.27. The molecule has 3 rings (SSSR count). The van der Waals surface area contributed by atoms with Gasteiger partial charge in [0.25, 0.3) is 11.8 Å². The molecule has 0 atom stereocenters. The van der Waals surface area contributed by atoms with Crippen LogP contribution in [0, 0.1) is 11.3 Å². The first kappa shape index (κ1) is 26.3. The van der Waals surface area contributed by atoms with Crippen molar-refractivity contribution in [1.82, 2.24) is 0 Å². The van der Waals surface area contributed by atoms with Gasteiger partial charge in [0.2, 0.25) is 0 Å². The van der Waals surface area contributed by atoms with Gasteiger partial charge in [-0.25, -0.2) is 4.79 Å². The minimum atomic E-state index is -0.609. The molecule has 0 aliphatic rings. The first-order chi connectivity index (χ1) is 17.3. The predicted molar refractivity (Wildman–Crippen MR) is 137 cm³/mol. The lowest BCUT2D eigenvalue weighted by Crippen LogP contribution is -2.20. The van der Waals surface area contributed by atoms with Crippen molar-refractivity contribution in [1.29, 1.82) is 5.26 Å². The number of hydrogen-bond donors (Lipinski definition) is 2. The Morgan fingerprint density at radius 1 is 0.917 bits per heavy atom. The maximum Gasteiger partial charge on any atom is 0.337 e. The lowest BCUT2D eigenvalue weighted by Gasteiger charge is -2.09. The first-order valence-corrected chi connectivity index (χ1v) is 11.1. The molecule has 0 spiro atoms. The van der Waals surface area contributed by atoms with E-state index in [1.165, 1.54) is 43.5 Å². The number of nitrogens with one attached hydrogen (secondary N) is 2. The van der Waals surface area contributed by atoms with Crippen LogP contribution in [0.5, 0.6) is 5.75 Å². The fourth-order valence-electron chi connectivity index (χ4n) is 2.90. The van der Waals surface area contributed by atoms with Crippen molar-refractivity contribution in [2.45, 2.75) is 0 Å². The summed E-state index contributed by atoms with van der Waals surface area (Å²) in [4.78, 5) is 36.1. The molecule has 3 aromatic carbocycles. The predicted octanol–water partition coefficient (Wildman–Crippen LogP) is 5.34. The minimum Gasteiger partial charge on any atom is -0.484 e. The number of carbonyl (C=O) groups is 3. The molecule has 36 heavy (non-hydrogen) atoms. The Morgan fingerprint density at radius 2 is 1.58 bits per heavy atom. The van der Waals surface area contributed by atoms with Crippen LogP contribution in [0.3, 0.4) is 0 Å². The number of halogens is 2. The van der Waals surface area contributed by atoms with Crippen LogP contribution in [-0.4, -0.2) is 31.5 Å². The molecule has 2 amide bonds. The third-order valence-electron chi connectivity index (χ3n) is 4.69. The van der Waals surface area contributed by atoms with Crippen molar-refractivity contribution in [3.05, 3.63) is 93.5 Å². The van der Waals surface area contributed by atoms with Crippen LogP contribution in [0.2, 0.25) is 10.0 Å². The van der Waals surface area contributed by atoms with E-state index in [4.69, 9.17) is 27.9 Å². The maximum atomic E-state index is 12.5. The average molecular weight is 524 g/mol. The SMILES string of the molecule is COC(=O)c1ccc(NC(=O)/C(C#N)=C\c2ccc(OCC(=O)Nc3ccc(Cl)c(Cl)c3)cc2)cc1. The summed E-state index contributed by atoms with van der Waals surface area (Å²) in [6.45, 7) is -0.240. The molecule has 182 valence electrons. The standard InChI is InChI=1S/C26H19Cl2N3O5/c1-35-26(34)17-4-6-19(7-5-17)31-25(33)18(14-29)12-16-2-9-21(10-3-16)36-15-24(32)30-20-8-11-22(27)23(28)13-20/h2-13H,15H2,1H3,(H,30,32)(H,31,33)/b18-12-. The number of hydrogen-bond acceptors (Lipinski definition) is 6. The van der Waals surface area contributed by atoms with Gasteiger partial charge in [-0.2, -0.15) is 5.26 Å². The molecule has 8 nitrogen and oxygen atoms in total. The molecular weight excluding hydrogens is 505 g/mol. The highest BCUT2D eigenvalue weighted by Crippen LogP contribution is 2.25. The third kappa shape index (κ3) is 7.34. The molecule has 0 radical (unpaired) electrons. The molecule has 3 aromatic rings. The van der Waals surface area contributed by atoms with Crippen LogP contribution in [0.15, 0.2) is 72.3 Å². The van der Waals surface area contributed by atoms with Crippen LogP contribution in [-0.2, 0) is 14.3 Å². The average Bonchev–Trinajstić information content (AvgIpc) is 2.88. The second-order valence-corrected chi connectivity index (χ2v) is 8.04. The second-order valence-electron chi connectivity index (χ2n) is 7.23. The summed E-state index contributed by atoms with van der Waals surface area (Å²) in [6, 6.07) is 19.2. The highest BCUT2D eigenvalue weighted by Gasteiger charge is 2.11. The molecule has 0 heterocycles. The van der Waals surface area contributed by atoms with Crippen molar-refractivity contribution in [2.24, 2.45) is 0 Å². The lowest BCUT2D eigenvalue weighted by molar-refractivity contribution is -0.118. The molecular formula is C26H19Cl2N3O5. The fourth-order valence-corrected chi connectivity index (χ4v) is 3.20. The first-order valence-electron chi connectivity index (χ1n) is 10.4. The van der Waals surface area contributed by atoms with Crippen molar-refractivity contribution in [3.63, 3.8) is 0 Å². The van der Waals surface area contributed by atoms with Gasteiger partial charge in [0.05, 0.1) is 22.7 Å². The van der Waals surface area contributed by atoms with Crippen molar-refractivity contribution >= 4 is 58.4 Å². The third-order valence-corrected chi connectivity index (χ3v) is 5.43. The minimum absolute atomic E-state index is 0.123. The van der Waals surface area contributed by atoms with Gasteiger partial charge in [0.15, 0.2) is 6.61 Å². The molecule has 0 aliphatic carbocycles. The fraction of sp³-hybridized carbons (Fsp3) is 0.0769. The number of nitrogens with zero attached hydrogens (tertiary/aromatic N) is 1. The highest BCUT2D eigenvalue weighted by atomic mass is 35.5. The summed E-state index contributed by atoms with van der Waals surface area (Å²) in [5.41, 5.74) is 1.69. The van der Waals surface area contributed by atoms with Crippen molar-refractivity contribution in [3.8, 4) is 11.8 Å². The summed E-state index contributed by atoms with van der Waals surface area (Å²) in [5.74, 6) is -1.07. The zero-order chi connectivity index (χ0) is 26.1. The Bertz CT molecular complexity index is 1350. The monoisotopic (exact) mass is 523 g/mol. The molecule has 0 saturated carbocycles. The largest absolute Gasteiger partial charge is 0.484 e. The molecule has 0 bridgehead atoms. The Morgan fingerprint density at radius 3 is 2.19 bits per heavy atom. The number of anilines is 2. The van der Waals surface area contributed by atoms with E-state index in [9.17, 15) is 19.6 Å². The van der Waals surface area contributed by atoms with Crippen LogP contribution < -0.4 is 15.4 Å². The van der Waals surface area contributed by atoms with E-state index in [0.29, 0.717) is 38.3 Å². The number of benzene rings is 3. The van der Waals surface area contributed by atoms with Gasteiger partial charge in [0, 0.05) is 11.4 Å². The van der Waals surface area contributed by atoms with E-state index in [2.05, 4.69) is 15.4 Å². The van der Waals surface area contributed by atoms with E-state index in [0.717, 1.165) is 0 Å². The second kappa shape index (κ2) is 12.4. The Labute approximate surface area is 217 Å². The van der Waals surface area contributed by atoms with Gasteiger partial charge >= 0.3 is 5.97 Å². The quantitative estimate of drug-likeness (QED) is 0.233. The molecule has 2 N–H and O–H groups in total. The molecule has 10 heteroatoms. The number of amides is 2. The number of carbonyl (C=O) groups excluding carboxylic acids is 3. The van der Waals surface area contributed by atoms with Crippen LogP contribution >= 0.6 is 23.2 Å². The van der Waals surface area contributed by atoms with E-state index in [1.807, 2.05) is 6.07 Å². The maximum absolute atomic E-state index is 12.5. The van der Waals surface area contributed by atoms with Gasteiger partial charge in [0.1, 0.15) is 17.4 Å². The van der Waals surface area contributed by atoms with E-state index >= 15 is 0 Å². The van der Waals surface area contributed by atoms with Gasteiger partial charge in [-0.1, -0.05) is 35.3 Å². The number of methoxy groups -OCH3 is 1. The molecule has 0 fully saturated rings. The van der Waals surface area contributed by atoms with Gasteiger partial charge in [-0.05, 0) is 66.2 Å². The summed E-state index contributed by atoms with van der Waals surface area (Å²) < 4.78 is 10.1. The normalized spacial score (nSPS) is 10.7. The van der Waals surface area contributed by atoms with Gasteiger partial charge in [-0.3, -0.25) is 9.59 Å². The van der Waals surface area contributed by atoms with Gasteiger partial charge < -0.3 is 20.1 Å². The molecule has 0 aromatic heterocycles. The zero-order valence-corrected chi connectivity index (χ0v) is 20.4. The smallest absolute Gasteiger partial charge is 0.337 e. The number of rotatable bonds is 8. The Balaban J connectivity index is 1.56. The summed E-state index contributed by atoms with van der Waals surface area (Å²) in [6.07, 6.45) is 1.42. The Kier molecular flexibility index (Phi) is 9.06. The topological polar surface area (TPSA) is 118 Å². The summed E-state index contributed by atoms with van der Waals surface area (Å²) >= 11 is 11.8. The van der Waals surface area contributed by atoms with Gasteiger partial charge in [-0.15, -0.1) is 0 Å². The van der Waals surface area contributed by atoms with E-state index < -0.39 is 11.9 Å².